The number of aromatic nitrogens is 2. The van der Waals surface area contributed by atoms with Gasteiger partial charge in [0.1, 0.15) is 17.4 Å². The van der Waals surface area contributed by atoms with Crippen molar-refractivity contribution in [1.82, 2.24) is 14.5 Å². The highest BCUT2D eigenvalue weighted by molar-refractivity contribution is 5.90. The summed E-state index contributed by atoms with van der Waals surface area (Å²) in [5.41, 5.74) is 0.340. The first-order valence-corrected chi connectivity index (χ1v) is 7.93. The number of nitrogens with one attached hydrogen (secondary N) is 1. The van der Waals surface area contributed by atoms with E-state index in [1.54, 1.807) is 19.3 Å². The van der Waals surface area contributed by atoms with E-state index < -0.39 is 5.82 Å². The second-order valence-corrected chi connectivity index (χ2v) is 6.14. The number of imidazole rings is 1. The minimum absolute atomic E-state index is 0.340. The molecule has 1 aromatic carbocycles. The van der Waals surface area contributed by atoms with Gasteiger partial charge in [0, 0.05) is 32.6 Å². The average Bonchev–Trinajstić information content (AvgIpc) is 3.29. The molecular formula is C17H21FN4O2. The lowest BCUT2D eigenvalue weighted by Crippen LogP contribution is -2.32. The molecule has 0 spiro atoms. The fourth-order valence-electron chi connectivity index (χ4n) is 2.26. The highest BCUT2D eigenvalue weighted by Crippen LogP contribution is 2.32. The first-order valence-electron chi connectivity index (χ1n) is 7.93. The molecule has 3 rings (SSSR count). The van der Waals surface area contributed by atoms with Crippen molar-refractivity contribution < 1.29 is 13.9 Å². The number of anilines is 1. The van der Waals surface area contributed by atoms with Crippen LogP contribution in [-0.4, -0.2) is 34.1 Å². The Morgan fingerprint density at radius 2 is 2.29 bits per heavy atom. The maximum absolute atomic E-state index is 13.5. The normalized spacial score (nSPS) is 13.6. The van der Waals surface area contributed by atoms with E-state index in [4.69, 9.17) is 4.74 Å². The number of rotatable bonds is 6. The van der Waals surface area contributed by atoms with E-state index in [1.165, 1.54) is 17.0 Å². The maximum atomic E-state index is 13.5. The van der Waals surface area contributed by atoms with Crippen LogP contribution in [0.5, 0.6) is 5.75 Å². The number of carbonyl (C=O) groups excluding carboxylic acids is 1. The lowest BCUT2D eigenvalue weighted by Gasteiger charge is -2.19. The first-order chi connectivity index (χ1) is 11.5. The van der Waals surface area contributed by atoms with E-state index in [2.05, 4.69) is 10.3 Å². The summed E-state index contributed by atoms with van der Waals surface area (Å²) in [5, 5.41) is 2.71. The summed E-state index contributed by atoms with van der Waals surface area (Å²) in [7, 11) is 3.53. The molecule has 0 aliphatic heterocycles. The van der Waals surface area contributed by atoms with E-state index in [0.29, 0.717) is 30.5 Å². The van der Waals surface area contributed by atoms with Crippen molar-refractivity contribution in [2.75, 3.05) is 19.0 Å². The van der Waals surface area contributed by atoms with Crippen LogP contribution >= 0.6 is 0 Å². The molecule has 1 aliphatic carbocycles. The molecule has 1 heterocycles. The summed E-state index contributed by atoms with van der Waals surface area (Å²) in [6, 6.07) is 3.80. The van der Waals surface area contributed by atoms with Crippen molar-refractivity contribution in [3.8, 4) is 5.75 Å². The molecule has 1 saturated carbocycles. The van der Waals surface area contributed by atoms with Crippen molar-refractivity contribution in [3.63, 3.8) is 0 Å². The average molecular weight is 332 g/mol. The Bertz CT molecular complexity index is 727. The smallest absolute Gasteiger partial charge is 0.322 e. The van der Waals surface area contributed by atoms with Crippen LogP contribution in [0.1, 0.15) is 18.7 Å². The molecule has 1 aliphatic rings. The zero-order chi connectivity index (χ0) is 17.1. The van der Waals surface area contributed by atoms with Crippen LogP contribution in [0.4, 0.5) is 14.9 Å². The second kappa shape index (κ2) is 6.90. The van der Waals surface area contributed by atoms with Crippen molar-refractivity contribution in [2.45, 2.75) is 19.4 Å². The number of halogens is 1. The molecule has 0 unspecified atom stereocenters. The summed E-state index contributed by atoms with van der Waals surface area (Å²) in [6.45, 7) is 0.945. The number of nitrogens with zero attached hydrogens (tertiary/aromatic N) is 3. The lowest BCUT2D eigenvalue weighted by molar-refractivity contribution is 0.219. The van der Waals surface area contributed by atoms with Gasteiger partial charge in [0.15, 0.2) is 0 Å². The number of ether oxygens (including phenoxy) is 1. The lowest BCUT2D eigenvalue weighted by atomic mass is 10.3. The molecule has 2 aromatic rings. The van der Waals surface area contributed by atoms with Gasteiger partial charge in [-0.3, -0.25) is 0 Å². The monoisotopic (exact) mass is 332 g/mol. The molecule has 1 fully saturated rings. The molecule has 1 aromatic heterocycles. The number of hydrogen-bond donors (Lipinski definition) is 1. The van der Waals surface area contributed by atoms with E-state index in [9.17, 15) is 9.18 Å². The van der Waals surface area contributed by atoms with Gasteiger partial charge in [0.2, 0.25) is 0 Å². The Kier molecular flexibility index (Phi) is 4.69. The summed E-state index contributed by atoms with van der Waals surface area (Å²) < 4.78 is 21.1. The van der Waals surface area contributed by atoms with E-state index >= 15 is 0 Å². The highest BCUT2D eigenvalue weighted by atomic mass is 19.1. The van der Waals surface area contributed by atoms with Gasteiger partial charge in [-0.05, 0) is 30.9 Å². The maximum Gasteiger partial charge on any atom is 0.322 e. The van der Waals surface area contributed by atoms with Gasteiger partial charge >= 0.3 is 6.03 Å². The highest BCUT2D eigenvalue weighted by Gasteiger charge is 2.23. The molecule has 2 amide bonds. The van der Waals surface area contributed by atoms with Gasteiger partial charge in [-0.25, -0.2) is 14.2 Å². The molecule has 7 heteroatoms. The third kappa shape index (κ3) is 4.04. The topological polar surface area (TPSA) is 59.4 Å². The fraction of sp³-hybridized carbons (Fsp3) is 0.412. The quantitative estimate of drug-likeness (QED) is 0.884. The van der Waals surface area contributed by atoms with Crippen LogP contribution in [0.3, 0.4) is 0 Å². The number of carbonyl (C=O) groups is 1. The van der Waals surface area contributed by atoms with Crippen LogP contribution in [0, 0.1) is 11.7 Å². The Labute approximate surface area is 140 Å². The molecule has 128 valence electrons. The molecule has 24 heavy (non-hydrogen) atoms. The van der Waals surface area contributed by atoms with Crippen LogP contribution in [0.15, 0.2) is 30.6 Å². The van der Waals surface area contributed by atoms with Gasteiger partial charge in [0.25, 0.3) is 0 Å². The summed E-state index contributed by atoms with van der Waals surface area (Å²) in [5.74, 6) is 1.40. The molecular weight excluding hydrogens is 311 g/mol. The fourth-order valence-corrected chi connectivity index (χ4v) is 2.26. The number of hydrogen-bond acceptors (Lipinski definition) is 3. The summed E-state index contributed by atoms with van der Waals surface area (Å²) in [4.78, 5) is 18.0. The number of urea groups is 1. The van der Waals surface area contributed by atoms with Crippen molar-refractivity contribution in [2.24, 2.45) is 13.0 Å². The van der Waals surface area contributed by atoms with Gasteiger partial charge in [0.05, 0.1) is 18.8 Å². The number of aryl methyl sites for hydroxylation is 1. The summed E-state index contributed by atoms with van der Waals surface area (Å²) >= 11 is 0. The Hall–Kier alpha value is -2.57. The molecule has 6 nitrogen and oxygen atoms in total. The number of amides is 2. The zero-order valence-electron chi connectivity index (χ0n) is 13.8. The first kappa shape index (κ1) is 16.3. The van der Waals surface area contributed by atoms with E-state index in [-0.39, 0.29) is 6.03 Å². The third-order valence-electron chi connectivity index (χ3n) is 4.00. The molecule has 0 bridgehead atoms. The van der Waals surface area contributed by atoms with Crippen LogP contribution in [0.2, 0.25) is 0 Å². The number of benzene rings is 1. The molecule has 0 saturated heterocycles. The van der Waals surface area contributed by atoms with Crippen molar-refractivity contribution >= 4 is 11.7 Å². The van der Waals surface area contributed by atoms with Crippen LogP contribution in [0.25, 0.3) is 0 Å². The van der Waals surface area contributed by atoms with Crippen molar-refractivity contribution in [1.29, 1.82) is 0 Å². The molecule has 1 N–H and O–H groups in total. The van der Waals surface area contributed by atoms with Crippen molar-refractivity contribution in [3.05, 3.63) is 42.2 Å². The minimum Gasteiger partial charge on any atom is -0.491 e. The van der Waals surface area contributed by atoms with E-state index in [1.807, 2.05) is 17.8 Å². The Balaban J connectivity index is 1.65. The molecule has 0 atom stereocenters. The Morgan fingerprint density at radius 1 is 1.50 bits per heavy atom. The predicted molar refractivity (Wildman–Crippen MR) is 88.3 cm³/mol. The second-order valence-electron chi connectivity index (χ2n) is 6.14. The SMILES string of the molecule is CN(Cc1nccn1C)C(=O)Nc1cc(F)ccc1OCC1CC1. The van der Waals surface area contributed by atoms with Crippen LogP contribution < -0.4 is 10.1 Å². The largest absolute Gasteiger partial charge is 0.491 e. The van der Waals surface area contributed by atoms with Gasteiger partial charge in [-0.1, -0.05) is 0 Å². The van der Waals surface area contributed by atoms with Gasteiger partial charge in [-0.15, -0.1) is 0 Å². The van der Waals surface area contributed by atoms with Crippen LogP contribution in [-0.2, 0) is 13.6 Å². The van der Waals surface area contributed by atoms with Gasteiger partial charge < -0.3 is 19.5 Å². The minimum atomic E-state index is -0.421. The standard InChI is InChI=1S/C17H21FN4O2/c1-21-8-7-19-16(21)10-22(2)17(23)20-14-9-13(18)5-6-15(14)24-11-12-3-4-12/h5-9,12H,3-4,10-11H2,1-2H3,(H,20,23). The zero-order valence-corrected chi connectivity index (χ0v) is 13.8. The predicted octanol–water partition coefficient (Wildman–Crippen LogP) is 3.01. The third-order valence-corrected chi connectivity index (χ3v) is 4.00. The van der Waals surface area contributed by atoms with E-state index in [0.717, 1.165) is 18.7 Å². The van der Waals surface area contributed by atoms with Gasteiger partial charge in [-0.2, -0.15) is 0 Å². The Morgan fingerprint density at radius 3 is 2.96 bits per heavy atom. The molecule has 0 radical (unpaired) electrons. The summed E-state index contributed by atoms with van der Waals surface area (Å²) in [6.07, 6.45) is 5.82.